The van der Waals surface area contributed by atoms with Crippen LogP contribution in [-0.2, 0) is 52.4 Å². The Kier molecular flexibility index (Phi) is 31.1. The maximum absolute atomic E-state index is 5.78. The molecule has 12 rings (SSSR count). The third kappa shape index (κ3) is 23.4. The molecule has 4 heterocycles. The first-order valence-electron chi connectivity index (χ1n) is 41.6. The summed E-state index contributed by atoms with van der Waals surface area (Å²) in [6, 6.07) is 109. The van der Waals surface area contributed by atoms with Crippen LogP contribution in [0.2, 0.25) is 0 Å². The van der Waals surface area contributed by atoms with Gasteiger partial charge in [-0.3, -0.25) is 59.1 Å². The van der Waals surface area contributed by atoms with E-state index < -0.39 is 15.8 Å². The van der Waals surface area contributed by atoms with E-state index in [1.54, 1.807) is 0 Å². The number of hydrogen-bond acceptors (Lipinski definition) is 12. The molecule has 0 aliphatic carbocycles. The van der Waals surface area contributed by atoms with Gasteiger partial charge in [-0.1, -0.05) is 243 Å². The quantitative estimate of drug-likeness (QED) is 0.0344. The molecule has 12 aromatic rings. The molecular weight excluding hydrogens is 1460 g/mol. The molecule has 0 N–H and O–H groups in total. The van der Waals surface area contributed by atoms with E-state index in [1.165, 1.54) is 65.7 Å². The molecule has 0 bridgehead atoms. The molecule has 116 heavy (non-hydrogen) atoms. The van der Waals surface area contributed by atoms with Crippen molar-refractivity contribution in [3.8, 4) is 0 Å². The first kappa shape index (κ1) is 86.2. The van der Waals surface area contributed by atoms with Crippen LogP contribution in [0, 0.1) is 0 Å². The molecule has 14 heteroatoms. The average molecular weight is 1580 g/mol. The number of benzene rings is 8. The van der Waals surface area contributed by atoms with Crippen molar-refractivity contribution in [2.45, 2.75) is 156 Å². The topological polar surface area (TPSA) is 77.5 Å². The van der Waals surface area contributed by atoms with Crippen LogP contribution in [0.15, 0.2) is 291 Å². The molecule has 8 atom stereocenters. The van der Waals surface area contributed by atoms with Gasteiger partial charge < -0.3 is 0 Å². The Bertz CT molecular complexity index is 4050. The van der Waals surface area contributed by atoms with E-state index in [-0.39, 0.29) is 48.3 Å². The molecule has 12 nitrogen and oxygen atoms in total. The summed E-state index contributed by atoms with van der Waals surface area (Å²) >= 11 is 0. The van der Waals surface area contributed by atoms with Crippen LogP contribution in [0.3, 0.4) is 0 Å². The van der Waals surface area contributed by atoms with Crippen molar-refractivity contribution in [2.24, 2.45) is 0 Å². The van der Waals surface area contributed by atoms with E-state index in [4.69, 9.17) is 19.9 Å². The SMILES string of the molecule is C[C@@H](c1ccccc1)N(C)Cc1cc(P(CCP(c2cc(CN(C)[C@@H](C)c3ccccc3)nc(CN(C)[C@@H](C)c3ccccc3)c2)c2cc(CN(C)[C@@H](C)c3ccccc3)nc(CN(C)[C@@H](C)c3ccccc3)c2)c2cc(CN(C)[C@@H](C)c3ccccc3)nc(CN(C)[C@@H](C)c3ccccc3)c2)cc(CN(C)[C@@H](C)c2ccccc2)n1. The Morgan fingerprint density at radius 3 is 0.414 bits per heavy atom. The van der Waals surface area contributed by atoms with Gasteiger partial charge in [-0.2, -0.15) is 0 Å². The van der Waals surface area contributed by atoms with Gasteiger partial charge in [0.1, 0.15) is 0 Å². The first-order valence-corrected chi connectivity index (χ1v) is 44.7. The standard InChI is InChI=1S/C102H124N12P2/c1-75(83-41-25-17-26-42-83)107(9)67-91-59-99(60-92(103-91)68-108(10)76(2)84-43-27-18-28-44-84)115(100-61-93(69-109(11)77(3)85-45-29-19-30-46-85)104-94(62-100)70-110(12)78(4)86-47-31-20-32-48-86)57-58-116(101-63-95(71-111(13)79(5)87-49-33-21-34-50-87)105-96(64-101)72-112(14)80(6)88-51-35-22-36-52-88)102-65-97(73-113(15)81(7)89-53-37-23-38-54-89)106-98(66-102)74-114(16)82(8)90-55-39-24-40-56-90/h17-56,59-66,75-82H,57-58,67-74H2,1-16H3/t75-,76-,77-,78-,79-,80-,81-,82-/m0/s1. The van der Waals surface area contributed by atoms with E-state index in [9.17, 15) is 0 Å². The summed E-state index contributed by atoms with van der Waals surface area (Å²) in [7, 11) is 15.7. The molecule has 0 saturated heterocycles. The lowest BCUT2D eigenvalue weighted by molar-refractivity contribution is 0.243. The van der Waals surface area contributed by atoms with Gasteiger partial charge in [0.05, 0.1) is 45.6 Å². The lowest BCUT2D eigenvalue weighted by atomic mass is 10.1. The summed E-state index contributed by atoms with van der Waals surface area (Å²) in [6.07, 6.45) is 1.75. The second-order valence-corrected chi connectivity index (χ2v) is 37.2. The van der Waals surface area contributed by atoms with E-state index in [2.05, 4.69) is 442 Å². The predicted octanol–water partition coefficient (Wildman–Crippen LogP) is 20.4. The Labute approximate surface area is 697 Å². The Morgan fingerprint density at radius 2 is 0.302 bits per heavy atom. The fourth-order valence-corrected chi connectivity index (χ4v) is 21.5. The number of rotatable bonds is 39. The van der Waals surface area contributed by atoms with Crippen LogP contribution in [0.5, 0.6) is 0 Å². The minimum atomic E-state index is -1.19. The van der Waals surface area contributed by atoms with Gasteiger partial charge in [-0.05, 0) is 254 Å². The number of aromatic nitrogens is 4. The molecule has 602 valence electrons. The fraction of sp³-hybridized carbons (Fsp3) is 0.333. The van der Waals surface area contributed by atoms with Crippen molar-refractivity contribution >= 4 is 37.1 Å². The van der Waals surface area contributed by atoms with Crippen LogP contribution in [0.25, 0.3) is 0 Å². The molecule has 0 aliphatic heterocycles. The molecule has 0 spiro atoms. The highest BCUT2D eigenvalue weighted by atomic mass is 31.1. The molecule has 0 aliphatic rings. The summed E-state index contributed by atoms with van der Waals surface area (Å²) in [4.78, 5) is 42.9. The lowest BCUT2D eigenvalue weighted by Gasteiger charge is -2.31. The zero-order valence-corrected chi connectivity index (χ0v) is 73.5. The number of hydrogen-bond donors (Lipinski definition) is 0. The summed E-state index contributed by atoms with van der Waals surface area (Å²) in [5.41, 5.74) is 18.8. The van der Waals surface area contributed by atoms with Gasteiger partial charge in [0, 0.05) is 101 Å². The average Bonchev–Trinajstić information content (AvgIpc) is 0.787. The highest BCUT2D eigenvalue weighted by Crippen LogP contribution is 2.44. The van der Waals surface area contributed by atoms with Gasteiger partial charge in [-0.25, -0.2) is 0 Å². The normalized spacial score (nSPS) is 14.2. The summed E-state index contributed by atoms with van der Waals surface area (Å²) < 4.78 is 0. The van der Waals surface area contributed by atoms with Crippen LogP contribution in [0.1, 0.15) is 194 Å². The Balaban J connectivity index is 1.08. The van der Waals surface area contributed by atoms with Gasteiger partial charge in [0.15, 0.2) is 0 Å². The van der Waals surface area contributed by atoms with Crippen molar-refractivity contribution < 1.29 is 0 Å². The van der Waals surface area contributed by atoms with Gasteiger partial charge >= 0.3 is 0 Å². The Hall–Kier alpha value is -9.10. The monoisotopic (exact) mass is 1580 g/mol. The van der Waals surface area contributed by atoms with E-state index in [0.29, 0.717) is 52.4 Å². The van der Waals surface area contributed by atoms with Crippen molar-refractivity contribution in [2.75, 3.05) is 68.7 Å². The minimum Gasteiger partial charge on any atom is -0.294 e. The van der Waals surface area contributed by atoms with E-state index in [0.717, 1.165) is 57.9 Å². The third-order valence-corrected chi connectivity index (χ3v) is 29.5. The van der Waals surface area contributed by atoms with E-state index in [1.807, 2.05) is 0 Å². The molecule has 0 unspecified atom stereocenters. The highest BCUT2D eigenvalue weighted by molar-refractivity contribution is 7.76. The molecular formula is C102H124N12P2. The van der Waals surface area contributed by atoms with Gasteiger partial charge in [0.2, 0.25) is 0 Å². The molecule has 8 aromatic carbocycles. The maximum Gasteiger partial charge on any atom is 0.0554 e. The molecule has 4 aromatic heterocycles. The number of nitrogens with zero attached hydrogens (tertiary/aromatic N) is 12. The van der Waals surface area contributed by atoms with E-state index >= 15 is 0 Å². The first-order chi connectivity index (χ1) is 56.1. The van der Waals surface area contributed by atoms with Crippen molar-refractivity contribution in [1.82, 2.24) is 59.1 Å². The largest absolute Gasteiger partial charge is 0.294 e. The zero-order valence-electron chi connectivity index (χ0n) is 71.7. The van der Waals surface area contributed by atoms with Crippen LogP contribution < -0.4 is 21.2 Å². The zero-order chi connectivity index (χ0) is 81.8. The molecule has 0 amide bonds. The molecule has 0 radical (unpaired) electrons. The summed E-state index contributed by atoms with van der Waals surface area (Å²) in [6.45, 7) is 23.9. The second-order valence-electron chi connectivity index (χ2n) is 32.5. The van der Waals surface area contributed by atoms with Crippen molar-refractivity contribution in [3.05, 3.63) is 381 Å². The molecule has 0 saturated carbocycles. The summed E-state index contributed by atoms with van der Waals surface area (Å²) in [5.74, 6) is 0. The smallest absolute Gasteiger partial charge is 0.0554 e. The highest BCUT2D eigenvalue weighted by Gasteiger charge is 2.29. The Morgan fingerprint density at radius 1 is 0.190 bits per heavy atom. The predicted molar refractivity (Wildman–Crippen MR) is 490 cm³/mol. The third-order valence-electron chi connectivity index (χ3n) is 24.3. The van der Waals surface area contributed by atoms with Crippen molar-refractivity contribution in [1.29, 1.82) is 0 Å². The lowest BCUT2D eigenvalue weighted by Crippen LogP contribution is -2.29. The molecule has 0 fully saturated rings. The second kappa shape index (κ2) is 41.8. The van der Waals surface area contributed by atoms with Crippen molar-refractivity contribution in [3.63, 3.8) is 0 Å². The maximum atomic E-state index is 5.78. The van der Waals surface area contributed by atoms with Gasteiger partial charge in [-0.15, -0.1) is 0 Å². The van der Waals surface area contributed by atoms with Crippen LogP contribution in [0.4, 0.5) is 0 Å². The van der Waals surface area contributed by atoms with Crippen LogP contribution >= 0.6 is 15.8 Å². The fourth-order valence-electron chi connectivity index (χ4n) is 15.8. The number of pyridine rings is 4. The van der Waals surface area contributed by atoms with Crippen LogP contribution in [-0.4, -0.2) is 128 Å². The minimum absolute atomic E-state index is 0.141. The summed E-state index contributed by atoms with van der Waals surface area (Å²) in [5, 5.41) is 5.30. The van der Waals surface area contributed by atoms with Gasteiger partial charge in [0.25, 0.3) is 0 Å².